The summed E-state index contributed by atoms with van der Waals surface area (Å²) in [5.41, 5.74) is 1.18. The molecule has 1 aliphatic rings. The van der Waals surface area contributed by atoms with Crippen LogP contribution in [0.5, 0.6) is 0 Å². The monoisotopic (exact) mass is 372 g/mol. The highest BCUT2D eigenvalue weighted by Gasteiger charge is 2.27. The first kappa shape index (κ1) is 18.1. The summed E-state index contributed by atoms with van der Waals surface area (Å²) in [6.45, 7) is 0.907. The van der Waals surface area contributed by atoms with Gasteiger partial charge in [0.05, 0.1) is 12.3 Å². The maximum atomic E-state index is 12.5. The molecule has 0 unspecified atom stereocenters. The second kappa shape index (κ2) is 8.14. The molecule has 7 heteroatoms. The molecule has 0 atom stereocenters. The number of carbonyl (C=O) groups is 3. The fourth-order valence-electron chi connectivity index (χ4n) is 2.98. The molecule has 2 N–H and O–H groups in total. The van der Waals surface area contributed by atoms with Gasteiger partial charge in [-0.1, -0.05) is 6.07 Å². The predicted octanol–water partition coefficient (Wildman–Crippen LogP) is 2.87. The van der Waals surface area contributed by atoms with Crippen molar-refractivity contribution in [1.29, 1.82) is 0 Å². The smallest absolute Gasteiger partial charge is 0.306 e. The van der Waals surface area contributed by atoms with Crippen LogP contribution in [0.15, 0.2) is 41.8 Å². The fourth-order valence-corrected chi connectivity index (χ4v) is 3.69. The number of aliphatic carboxylic acids is 1. The minimum atomic E-state index is -0.792. The van der Waals surface area contributed by atoms with Crippen LogP contribution in [0.2, 0.25) is 0 Å². The van der Waals surface area contributed by atoms with Crippen LogP contribution in [0.1, 0.15) is 28.1 Å². The number of carboxylic acid groups (broad SMARTS) is 1. The SMILES string of the molecule is O=C(Cc1cccs1)Nc1ccc(C(=O)N2CCC(C(=O)O)CC2)cc1. The number of anilines is 1. The Labute approximate surface area is 155 Å². The molecule has 1 saturated heterocycles. The van der Waals surface area contributed by atoms with E-state index < -0.39 is 5.97 Å². The standard InChI is InChI=1S/C19H20N2O4S/c22-17(12-16-2-1-11-26-16)20-15-5-3-13(4-6-15)18(23)21-9-7-14(8-10-21)19(24)25/h1-6,11,14H,7-10,12H2,(H,20,22)(H,24,25). The Bertz CT molecular complexity index is 778. The Balaban J connectivity index is 1.54. The van der Waals surface area contributed by atoms with Gasteiger partial charge in [0.25, 0.3) is 5.91 Å². The molecule has 3 rings (SSSR count). The van der Waals surface area contributed by atoms with Gasteiger partial charge in [-0.3, -0.25) is 14.4 Å². The normalized spacial score (nSPS) is 14.8. The van der Waals surface area contributed by atoms with Crippen LogP contribution < -0.4 is 5.32 Å². The van der Waals surface area contributed by atoms with Crippen LogP contribution in [-0.4, -0.2) is 40.9 Å². The Morgan fingerprint density at radius 1 is 1.12 bits per heavy atom. The molecule has 0 radical (unpaired) electrons. The van der Waals surface area contributed by atoms with E-state index in [4.69, 9.17) is 5.11 Å². The third-order valence-corrected chi connectivity index (χ3v) is 5.34. The zero-order valence-corrected chi connectivity index (χ0v) is 15.0. The van der Waals surface area contributed by atoms with Crippen molar-refractivity contribution < 1.29 is 19.5 Å². The van der Waals surface area contributed by atoms with Gasteiger partial charge in [-0.05, 0) is 48.6 Å². The van der Waals surface area contributed by atoms with Crippen molar-refractivity contribution in [3.63, 3.8) is 0 Å². The van der Waals surface area contributed by atoms with E-state index in [1.54, 1.807) is 29.2 Å². The number of likely N-dealkylation sites (tertiary alicyclic amines) is 1. The average Bonchev–Trinajstić information content (AvgIpc) is 3.14. The zero-order valence-electron chi connectivity index (χ0n) is 14.2. The predicted molar refractivity (Wildman–Crippen MR) is 99.4 cm³/mol. The van der Waals surface area contributed by atoms with Crippen LogP contribution in [0.25, 0.3) is 0 Å². The Hall–Kier alpha value is -2.67. The van der Waals surface area contributed by atoms with E-state index in [1.807, 2.05) is 17.5 Å². The van der Waals surface area contributed by atoms with Gasteiger partial charge in [0.1, 0.15) is 0 Å². The van der Waals surface area contributed by atoms with Gasteiger partial charge >= 0.3 is 5.97 Å². The highest BCUT2D eigenvalue weighted by molar-refractivity contribution is 7.10. The molecule has 136 valence electrons. The van der Waals surface area contributed by atoms with Crippen LogP contribution in [0, 0.1) is 5.92 Å². The number of hydrogen-bond acceptors (Lipinski definition) is 4. The molecule has 0 bridgehead atoms. The van der Waals surface area contributed by atoms with Crippen molar-refractivity contribution >= 4 is 34.8 Å². The average molecular weight is 372 g/mol. The molecule has 2 heterocycles. The lowest BCUT2D eigenvalue weighted by atomic mass is 9.96. The lowest BCUT2D eigenvalue weighted by Gasteiger charge is -2.30. The Morgan fingerprint density at radius 2 is 1.81 bits per heavy atom. The van der Waals surface area contributed by atoms with Gasteiger partial charge in [0.15, 0.2) is 0 Å². The van der Waals surface area contributed by atoms with Crippen molar-refractivity contribution in [3.05, 3.63) is 52.2 Å². The summed E-state index contributed by atoms with van der Waals surface area (Å²) >= 11 is 1.54. The van der Waals surface area contributed by atoms with E-state index in [-0.39, 0.29) is 17.7 Å². The Kier molecular flexibility index (Phi) is 5.68. The summed E-state index contributed by atoms with van der Waals surface area (Å²) in [7, 11) is 0. The number of carboxylic acids is 1. The molecule has 1 aliphatic heterocycles. The first-order chi connectivity index (χ1) is 12.5. The molecule has 1 aromatic carbocycles. The van der Waals surface area contributed by atoms with E-state index in [0.29, 0.717) is 43.6 Å². The molecular formula is C19H20N2O4S. The molecular weight excluding hydrogens is 352 g/mol. The number of thiophene rings is 1. The largest absolute Gasteiger partial charge is 0.481 e. The summed E-state index contributed by atoms with van der Waals surface area (Å²) in [6, 6.07) is 10.6. The quantitative estimate of drug-likeness (QED) is 0.845. The van der Waals surface area contributed by atoms with Crippen molar-refractivity contribution in [2.24, 2.45) is 5.92 Å². The molecule has 6 nitrogen and oxygen atoms in total. The maximum absolute atomic E-state index is 12.5. The van der Waals surface area contributed by atoms with Gasteiger partial charge in [0, 0.05) is 29.2 Å². The van der Waals surface area contributed by atoms with Gasteiger partial charge in [-0.25, -0.2) is 0 Å². The molecule has 26 heavy (non-hydrogen) atoms. The van der Waals surface area contributed by atoms with Crippen molar-refractivity contribution in [3.8, 4) is 0 Å². The van der Waals surface area contributed by atoms with E-state index >= 15 is 0 Å². The molecule has 2 aromatic rings. The van der Waals surface area contributed by atoms with Crippen LogP contribution in [0.3, 0.4) is 0 Å². The minimum Gasteiger partial charge on any atom is -0.481 e. The molecule has 0 aliphatic carbocycles. The molecule has 1 aromatic heterocycles. The molecule has 0 spiro atoms. The van der Waals surface area contributed by atoms with Gasteiger partial charge < -0.3 is 15.3 Å². The van der Waals surface area contributed by atoms with E-state index in [1.165, 1.54) is 11.3 Å². The van der Waals surface area contributed by atoms with E-state index in [9.17, 15) is 14.4 Å². The summed E-state index contributed by atoms with van der Waals surface area (Å²) in [5.74, 6) is -1.35. The Morgan fingerprint density at radius 3 is 2.38 bits per heavy atom. The van der Waals surface area contributed by atoms with E-state index in [2.05, 4.69) is 5.32 Å². The number of amides is 2. The number of piperidine rings is 1. The maximum Gasteiger partial charge on any atom is 0.306 e. The summed E-state index contributed by atoms with van der Waals surface area (Å²) in [4.78, 5) is 38.2. The number of nitrogens with zero attached hydrogens (tertiary/aromatic N) is 1. The van der Waals surface area contributed by atoms with Crippen LogP contribution in [0.4, 0.5) is 5.69 Å². The summed E-state index contributed by atoms with van der Waals surface area (Å²) in [5, 5.41) is 13.8. The minimum absolute atomic E-state index is 0.0951. The number of hydrogen-bond donors (Lipinski definition) is 2. The van der Waals surface area contributed by atoms with Crippen molar-refractivity contribution in [2.45, 2.75) is 19.3 Å². The number of nitrogens with one attached hydrogen (secondary N) is 1. The topological polar surface area (TPSA) is 86.7 Å². The number of benzene rings is 1. The molecule has 0 saturated carbocycles. The zero-order chi connectivity index (χ0) is 18.5. The highest BCUT2D eigenvalue weighted by atomic mass is 32.1. The molecule has 2 amide bonds. The lowest BCUT2D eigenvalue weighted by Crippen LogP contribution is -2.40. The third-order valence-electron chi connectivity index (χ3n) is 4.46. The van der Waals surface area contributed by atoms with E-state index in [0.717, 1.165) is 4.88 Å². The fraction of sp³-hybridized carbons (Fsp3) is 0.316. The second-order valence-corrected chi connectivity index (χ2v) is 7.32. The first-order valence-corrected chi connectivity index (χ1v) is 9.35. The number of rotatable bonds is 5. The van der Waals surface area contributed by atoms with Gasteiger partial charge in [-0.15, -0.1) is 11.3 Å². The van der Waals surface area contributed by atoms with Crippen molar-refractivity contribution in [2.75, 3.05) is 18.4 Å². The number of carbonyl (C=O) groups excluding carboxylic acids is 2. The lowest BCUT2D eigenvalue weighted by molar-refractivity contribution is -0.143. The van der Waals surface area contributed by atoms with Gasteiger partial charge in [-0.2, -0.15) is 0 Å². The van der Waals surface area contributed by atoms with Crippen molar-refractivity contribution in [1.82, 2.24) is 4.90 Å². The summed E-state index contributed by atoms with van der Waals surface area (Å²) < 4.78 is 0. The van der Waals surface area contributed by atoms with Gasteiger partial charge in [0.2, 0.25) is 5.91 Å². The highest BCUT2D eigenvalue weighted by Crippen LogP contribution is 2.20. The molecule has 1 fully saturated rings. The third kappa shape index (κ3) is 4.49. The van der Waals surface area contributed by atoms with Crippen LogP contribution >= 0.6 is 11.3 Å². The first-order valence-electron chi connectivity index (χ1n) is 8.47. The van der Waals surface area contributed by atoms with Crippen LogP contribution in [-0.2, 0) is 16.0 Å². The summed E-state index contributed by atoms with van der Waals surface area (Å²) in [6.07, 6.45) is 1.30. The second-order valence-electron chi connectivity index (χ2n) is 6.29.